The molecule has 1 amide bonds. The van der Waals surface area contributed by atoms with Crippen molar-refractivity contribution in [2.45, 2.75) is 25.4 Å². The molecule has 3 atom stereocenters. The highest BCUT2D eigenvalue weighted by Gasteiger charge is 2.42. The van der Waals surface area contributed by atoms with Gasteiger partial charge < -0.3 is 10.2 Å². The SMILES string of the molecule is O=C(N1C[C@H]2CC(NCc3cccc(Cl)c3)C[C@H]2C1)n1cc(Cl)cn1. The largest absolute Gasteiger partial charge is 0.344 e. The van der Waals surface area contributed by atoms with Crippen molar-refractivity contribution < 1.29 is 4.79 Å². The number of carbonyl (C=O) groups is 1. The number of rotatable bonds is 3. The number of amides is 1. The quantitative estimate of drug-likeness (QED) is 0.886. The van der Waals surface area contributed by atoms with Gasteiger partial charge in [0, 0.05) is 30.7 Å². The summed E-state index contributed by atoms with van der Waals surface area (Å²) in [6.45, 7) is 2.44. The molecule has 1 unspecified atom stereocenters. The number of benzene rings is 1. The van der Waals surface area contributed by atoms with E-state index in [-0.39, 0.29) is 6.03 Å². The van der Waals surface area contributed by atoms with Crippen molar-refractivity contribution in [3.05, 3.63) is 52.3 Å². The lowest BCUT2D eigenvalue weighted by atomic mass is 10.0. The Bertz CT molecular complexity index is 764. The molecule has 1 saturated heterocycles. The fraction of sp³-hybridized carbons (Fsp3) is 0.444. The zero-order chi connectivity index (χ0) is 17.4. The number of hydrogen-bond acceptors (Lipinski definition) is 3. The Kier molecular flexibility index (Phi) is 4.71. The summed E-state index contributed by atoms with van der Waals surface area (Å²) in [5.74, 6) is 1.12. The summed E-state index contributed by atoms with van der Waals surface area (Å²) in [6.07, 6.45) is 5.27. The zero-order valence-corrected chi connectivity index (χ0v) is 15.2. The average Bonchev–Trinajstić information content (AvgIpc) is 3.26. The van der Waals surface area contributed by atoms with Crippen LogP contribution < -0.4 is 5.32 Å². The second-order valence-electron chi connectivity index (χ2n) is 6.99. The molecule has 2 fully saturated rings. The molecule has 4 rings (SSSR count). The van der Waals surface area contributed by atoms with Gasteiger partial charge in [0.15, 0.2) is 0 Å². The van der Waals surface area contributed by atoms with Gasteiger partial charge in [0.2, 0.25) is 0 Å². The van der Waals surface area contributed by atoms with E-state index < -0.39 is 0 Å². The Balaban J connectivity index is 1.29. The predicted octanol–water partition coefficient (Wildman–Crippen LogP) is 3.66. The highest BCUT2D eigenvalue weighted by molar-refractivity contribution is 6.30. The molecule has 2 heterocycles. The zero-order valence-electron chi connectivity index (χ0n) is 13.7. The third-order valence-corrected chi connectivity index (χ3v) is 5.68. The van der Waals surface area contributed by atoms with Gasteiger partial charge in [0.05, 0.1) is 17.4 Å². The number of likely N-dealkylation sites (tertiary alicyclic amines) is 1. The van der Waals surface area contributed by atoms with E-state index in [2.05, 4.69) is 16.5 Å². The molecule has 132 valence electrons. The first-order chi connectivity index (χ1) is 12.1. The number of carbonyl (C=O) groups excluding carboxylic acids is 1. The summed E-state index contributed by atoms with van der Waals surface area (Å²) >= 11 is 11.9. The van der Waals surface area contributed by atoms with Crippen LogP contribution in [0.1, 0.15) is 18.4 Å². The normalized spacial score (nSPS) is 25.4. The summed E-state index contributed by atoms with van der Waals surface area (Å²) in [7, 11) is 0. The van der Waals surface area contributed by atoms with Crippen LogP contribution in [0.15, 0.2) is 36.7 Å². The van der Waals surface area contributed by atoms with E-state index in [1.807, 2.05) is 23.1 Å². The third kappa shape index (κ3) is 3.68. The van der Waals surface area contributed by atoms with E-state index in [9.17, 15) is 4.79 Å². The molecule has 2 aromatic rings. The minimum absolute atomic E-state index is 0.0789. The Morgan fingerprint density at radius 1 is 1.20 bits per heavy atom. The fourth-order valence-corrected chi connectivity index (χ4v) is 4.43. The summed E-state index contributed by atoms with van der Waals surface area (Å²) in [6, 6.07) is 8.39. The lowest BCUT2D eigenvalue weighted by Gasteiger charge is -2.19. The van der Waals surface area contributed by atoms with E-state index >= 15 is 0 Å². The fourth-order valence-electron chi connectivity index (χ4n) is 4.08. The number of fused-ring (bicyclic) bond motifs is 1. The minimum atomic E-state index is -0.0789. The molecule has 0 radical (unpaired) electrons. The van der Waals surface area contributed by atoms with Gasteiger partial charge in [0.1, 0.15) is 0 Å². The maximum atomic E-state index is 12.5. The standard InChI is InChI=1S/C18H20Cl2N4O/c19-15-3-1-2-12(4-15)7-21-17-5-13-9-23(10-14(13)6-17)18(25)24-11-16(20)8-22-24/h1-4,8,11,13-14,17,21H,5-7,9-10H2/t13-,14+,17?. The molecule has 2 aliphatic rings. The Morgan fingerprint density at radius 2 is 1.96 bits per heavy atom. The van der Waals surface area contributed by atoms with Crippen molar-refractivity contribution in [2.75, 3.05) is 13.1 Å². The van der Waals surface area contributed by atoms with Crippen LogP contribution in [0.5, 0.6) is 0 Å². The maximum absolute atomic E-state index is 12.5. The van der Waals surface area contributed by atoms with E-state index in [0.29, 0.717) is 22.9 Å². The van der Waals surface area contributed by atoms with Gasteiger partial charge in [-0.25, -0.2) is 4.79 Å². The second kappa shape index (κ2) is 6.98. The molecule has 1 aliphatic heterocycles. The van der Waals surface area contributed by atoms with Crippen molar-refractivity contribution in [1.29, 1.82) is 0 Å². The summed E-state index contributed by atoms with van der Waals surface area (Å²) < 4.78 is 1.33. The van der Waals surface area contributed by atoms with Gasteiger partial charge in [-0.15, -0.1) is 0 Å². The monoisotopic (exact) mass is 378 g/mol. The molecule has 1 N–H and O–H groups in total. The molecule has 7 heteroatoms. The van der Waals surface area contributed by atoms with Gasteiger partial charge in [0.25, 0.3) is 0 Å². The van der Waals surface area contributed by atoms with Crippen LogP contribution in [0.4, 0.5) is 4.79 Å². The molecule has 1 aromatic heterocycles. The molecule has 1 aromatic carbocycles. The number of halogens is 2. The summed E-state index contributed by atoms with van der Waals surface area (Å²) in [4.78, 5) is 14.3. The minimum Gasteiger partial charge on any atom is -0.322 e. The third-order valence-electron chi connectivity index (χ3n) is 5.25. The van der Waals surface area contributed by atoms with E-state index in [1.54, 1.807) is 6.20 Å². The lowest BCUT2D eigenvalue weighted by Crippen LogP contribution is -2.35. The number of hydrogen-bond donors (Lipinski definition) is 1. The van der Waals surface area contributed by atoms with Crippen molar-refractivity contribution in [3.8, 4) is 0 Å². The molecular weight excluding hydrogens is 359 g/mol. The van der Waals surface area contributed by atoms with Gasteiger partial charge >= 0.3 is 6.03 Å². The van der Waals surface area contributed by atoms with Gasteiger partial charge in [-0.3, -0.25) is 0 Å². The van der Waals surface area contributed by atoms with Crippen LogP contribution in [0.25, 0.3) is 0 Å². The summed E-state index contributed by atoms with van der Waals surface area (Å²) in [5, 5.41) is 8.90. The van der Waals surface area contributed by atoms with Gasteiger partial charge in [-0.05, 0) is 42.4 Å². The molecular formula is C18H20Cl2N4O. The van der Waals surface area contributed by atoms with Crippen molar-refractivity contribution in [3.63, 3.8) is 0 Å². The van der Waals surface area contributed by atoms with Gasteiger partial charge in [-0.2, -0.15) is 9.78 Å². The van der Waals surface area contributed by atoms with Crippen molar-refractivity contribution in [1.82, 2.24) is 20.0 Å². The van der Waals surface area contributed by atoms with Crippen LogP contribution in [-0.2, 0) is 6.54 Å². The first-order valence-corrected chi connectivity index (χ1v) is 9.31. The molecule has 5 nitrogen and oxygen atoms in total. The number of aromatic nitrogens is 2. The van der Waals surface area contributed by atoms with E-state index in [1.165, 1.54) is 16.4 Å². The van der Waals surface area contributed by atoms with Crippen LogP contribution in [0, 0.1) is 11.8 Å². The molecule has 0 bridgehead atoms. The Morgan fingerprint density at radius 3 is 2.60 bits per heavy atom. The van der Waals surface area contributed by atoms with E-state index in [0.717, 1.165) is 37.5 Å². The molecule has 25 heavy (non-hydrogen) atoms. The maximum Gasteiger partial charge on any atom is 0.344 e. The van der Waals surface area contributed by atoms with Crippen LogP contribution in [0.3, 0.4) is 0 Å². The van der Waals surface area contributed by atoms with E-state index in [4.69, 9.17) is 23.2 Å². The lowest BCUT2D eigenvalue weighted by molar-refractivity contribution is 0.202. The number of nitrogens with zero attached hydrogens (tertiary/aromatic N) is 3. The number of nitrogens with one attached hydrogen (secondary N) is 1. The smallest absolute Gasteiger partial charge is 0.322 e. The van der Waals surface area contributed by atoms with Crippen molar-refractivity contribution in [2.24, 2.45) is 11.8 Å². The summed E-state index contributed by atoms with van der Waals surface area (Å²) in [5.41, 5.74) is 1.21. The first kappa shape index (κ1) is 16.9. The highest BCUT2D eigenvalue weighted by atomic mass is 35.5. The molecule has 1 aliphatic carbocycles. The van der Waals surface area contributed by atoms with Gasteiger partial charge in [-0.1, -0.05) is 35.3 Å². The average molecular weight is 379 g/mol. The van der Waals surface area contributed by atoms with Crippen LogP contribution in [-0.4, -0.2) is 39.8 Å². The topological polar surface area (TPSA) is 50.2 Å². The van der Waals surface area contributed by atoms with Crippen LogP contribution >= 0.6 is 23.2 Å². The van der Waals surface area contributed by atoms with Crippen molar-refractivity contribution >= 4 is 29.2 Å². The molecule has 0 spiro atoms. The van der Waals surface area contributed by atoms with Crippen LogP contribution in [0.2, 0.25) is 10.0 Å². The Labute approximate surface area is 156 Å². The molecule has 1 saturated carbocycles. The Hall–Kier alpha value is -1.56. The second-order valence-corrected chi connectivity index (χ2v) is 7.86. The first-order valence-electron chi connectivity index (χ1n) is 8.56. The predicted molar refractivity (Wildman–Crippen MR) is 97.9 cm³/mol. The highest BCUT2D eigenvalue weighted by Crippen LogP contribution is 2.38.